The zero-order valence-corrected chi connectivity index (χ0v) is 11.4. The molecule has 1 aromatic heterocycles. The van der Waals surface area contributed by atoms with E-state index >= 15 is 0 Å². The molecule has 0 atom stereocenters. The van der Waals surface area contributed by atoms with Crippen molar-refractivity contribution in [1.82, 2.24) is 9.55 Å². The second-order valence-corrected chi connectivity index (χ2v) is 4.48. The Balaban J connectivity index is 2.55. The fraction of sp³-hybridized carbons (Fsp3) is 0.267. The molecule has 3 nitrogen and oxygen atoms in total. The molecule has 0 amide bonds. The average Bonchev–Trinajstić information content (AvgIpc) is 2.76. The third-order valence-electron chi connectivity index (χ3n) is 3.11. The summed E-state index contributed by atoms with van der Waals surface area (Å²) >= 11 is 0. The van der Waals surface area contributed by atoms with Crippen LogP contribution in [0, 0.1) is 12.3 Å². The zero-order valence-electron chi connectivity index (χ0n) is 11.4. The van der Waals surface area contributed by atoms with Gasteiger partial charge in [0.1, 0.15) is 17.3 Å². The molecule has 21 heavy (non-hydrogen) atoms. The van der Waals surface area contributed by atoms with Crippen LogP contribution >= 0.6 is 0 Å². The number of halogens is 3. The largest absolute Gasteiger partial charge is 0.416 e. The molecule has 0 radical (unpaired) electrons. The van der Waals surface area contributed by atoms with Gasteiger partial charge in [-0.25, -0.2) is 4.98 Å². The van der Waals surface area contributed by atoms with Crippen LogP contribution in [0.1, 0.15) is 18.3 Å². The lowest BCUT2D eigenvalue weighted by Gasteiger charge is -2.08. The zero-order chi connectivity index (χ0) is 15.6. The van der Waals surface area contributed by atoms with Crippen LogP contribution in [0.2, 0.25) is 0 Å². The minimum atomic E-state index is -4.40. The Hall–Kier alpha value is -2.42. The smallest absolute Gasteiger partial charge is 0.383 e. The third-order valence-corrected chi connectivity index (χ3v) is 3.11. The molecule has 0 saturated carbocycles. The average molecular weight is 293 g/mol. The van der Waals surface area contributed by atoms with Crippen molar-refractivity contribution in [3.05, 3.63) is 35.7 Å². The van der Waals surface area contributed by atoms with E-state index in [1.54, 1.807) is 10.6 Å². The van der Waals surface area contributed by atoms with Crippen LogP contribution in [0.15, 0.2) is 24.3 Å². The first-order valence-corrected chi connectivity index (χ1v) is 6.34. The van der Waals surface area contributed by atoms with Crippen molar-refractivity contribution >= 4 is 5.82 Å². The van der Waals surface area contributed by atoms with Gasteiger partial charge in [-0.3, -0.25) is 0 Å². The van der Waals surface area contributed by atoms with Gasteiger partial charge >= 0.3 is 6.18 Å². The number of terminal acetylenes is 1. The minimum absolute atomic E-state index is 0.237. The monoisotopic (exact) mass is 293 g/mol. The number of nitrogens with zero attached hydrogens (tertiary/aromatic N) is 2. The molecule has 0 saturated heterocycles. The summed E-state index contributed by atoms with van der Waals surface area (Å²) in [4.78, 5) is 4.32. The molecule has 6 heteroatoms. The van der Waals surface area contributed by atoms with Crippen molar-refractivity contribution in [3.8, 4) is 23.6 Å². The molecule has 0 spiro atoms. The summed E-state index contributed by atoms with van der Waals surface area (Å²) in [5.41, 5.74) is 5.90. The van der Waals surface area contributed by atoms with E-state index in [1.165, 1.54) is 6.07 Å². The Kier molecular flexibility index (Phi) is 3.94. The van der Waals surface area contributed by atoms with Gasteiger partial charge in [0.25, 0.3) is 0 Å². The molecule has 2 aromatic rings. The van der Waals surface area contributed by atoms with Gasteiger partial charge in [0, 0.05) is 12.0 Å². The number of alkyl halides is 3. The first kappa shape index (κ1) is 15.0. The second-order valence-electron chi connectivity index (χ2n) is 4.48. The van der Waals surface area contributed by atoms with Gasteiger partial charge in [0.05, 0.1) is 12.1 Å². The number of anilines is 1. The highest BCUT2D eigenvalue weighted by atomic mass is 19.4. The maximum Gasteiger partial charge on any atom is 0.416 e. The highest BCUT2D eigenvalue weighted by Crippen LogP contribution is 2.33. The number of aryl methyl sites for hydroxylation is 1. The van der Waals surface area contributed by atoms with Crippen molar-refractivity contribution in [2.45, 2.75) is 26.1 Å². The number of imidazole rings is 1. The molecule has 0 aliphatic carbocycles. The molecular weight excluding hydrogens is 279 g/mol. The molecule has 1 heterocycles. The van der Waals surface area contributed by atoms with E-state index in [2.05, 4.69) is 10.9 Å². The van der Waals surface area contributed by atoms with Gasteiger partial charge < -0.3 is 10.3 Å². The number of nitrogens with two attached hydrogens (primary N) is 1. The van der Waals surface area contributed by atoms with E-state index in [9.17, 15) is 13.2 Å². The first-order chi connectivity index (χ1) is 9.88. The normalized spacial score (nSPS) is 11.4. The van der Waals surface area contributed by atoms with Crippen LogP contribution < -0.4 is 5.73 Å². The molecule has 0 aliphatic heterocycles. The summed E-state index contributed by atoms with van der Waals surface area (Å²) in [7, 11) is 0. The summed E-state index contributed by atoms with van der Waals surface area (Å²) < 4.78 is 40.0. The molecule has 0 unspecified atom stereocenters. The van der Waals surface area contributed by atoms with Gasteiger partial charge in [-0.2, -0.15) is 13.2 Å². The SMILES string of the molecule is C#CCn1c(CC)nc(-c2cccc(C(F)(F)F)c2)c1N. The summed E-state index contributed by atoms with van der Waals surface area (Å²) in [6, 6.07) is 4.94. The van der Waals surface area contributed by atoms with Crippen LogP contribution in [0.3, 0.4) is 0 Å². The molecule has 0 bridgehead atoms. The molecule has 2 N–H and O–H groups in total. The summed E-state index contributed by atoms with van der Waals surface area (Å²) in [5.74, 6) is 3.40. The van der Waals surface area contributed by atoms with Crippen LogP contribution in [0.25, 0.3) is 11.3 Å². The Morgan fingerprint density at radius 1 is 1.38 bits per heavy atom. The fourth-order valence-corrected chi connectivity index (χ4v) is 2.11. The summed E-state index contributed by atoms with van der Waals surface area (Å²) in [5, 5.41) is 0. The van der Waals surface area contributed by atoms with Crippen molar-refractivity contribution in [2.24, 2.45) is 0 Å². The van der Waals surface area contributed by atoms with Crippen molar-refractivity contribution in [3.63, 3.8) is 0 Å². The number of aromatic nitrogens is 2. The van der Waals surface area contributed by atoms with Crippen molar-refractivity contribution in [2.75, 3.05) is 5.73 Å². The van der Waals surface area contributed by atoms with Gasteiger partial charge in [0.15, 0.2) is 0 Å². The van der Waals surface area contributed by atoms with Crippen molar-refractivity contribution in [1.29, 1.82) is 0 Å². The lowest BCUT2D eigenvalue weighted by atomic mass is 10.1. The predicted octanol–water partition coefficient (Wildman–Crippen LogP) is 3.35. The lowest BCUT2D eigenvalue weighted by molar-refractivity contribution is -0.137. The molecule has 1 aromatic carbocycles. The minimum Gasteiger partial charge on any atom is -0.383 e. The maximum atomic E-state index is 12.8. The molecule has 110 valence electrons. The quantitative estimate of drug-likeness (QED) is 0.882. The first-order valence-electron chi connectivity index (χ1n) is 6.34. The maximum absolute atomic E-state index is 12.8. The van der Waals surface area contributed by atoms with Crippen LogP contribution in [0.5, 0.6) is 0 Å². The number of hydrogen-bond acceptors (Lipinski definition) is 2. The number of hydrogen-bond donors (Lipinski definition) is 1. The predicted molar refractivity (Wildman–Crippen MR) is 75.3 cm³/mol. The highest BCUT2D eigenvalue weighted by molar-refractivity contribution is 5.71. The van der Waals surface area contributed by atoms with E-state index in [0.717, 1.165) is 12.1 Å². The molecule has 2 rings (SSSR count). The van der Waals surface area contributed by atoms with Crippen LogP contribution in [-0.4, -0.2) is 9.55 Å². The van der Waals surface area contributed by atoms with Gasteiger partial charge in [-0.15, -0.1) is 6.42 Å². The standard InChI is InChI=1S/C15H14F3N3/c1-3-8-21-12(4-2)20-13(14(21)19)10-6-5-7-11(9-10)15(16,17)18/h1,5-7,9H,4,8,19H2,2H3. The Labute approximate surface area is 120 Å². The van der Waals surface area contributed by atoms with E-state index in [-0.39, 0.29) is 12.4 Å². The molecular formula is C15H14F3N3. The Morgan fingerprint density at radius 3 is 2.67 bits per heavy atom. The summed E-state index contributed by atoms with van der Waals surface area (Å²) in [6.45, 7) is 2.12. The lowest BCUT2D eigenvalue weighted by Crippen LogP contribution is -2.06. The fourth-order valence-electron chi connectivity index (χ4n) is 2.11. The number of rotatable bonds is 3. The Morgan fingerprint density at radius 2 is 2.10 bits per heavy atom. The van der Waals surface area contributed by atoms with Gasteiger partial charge in [0.2, 0.25) is 0 Å². The Bertz CT molecular complexity index is 693. The molecule has 0 fully saturated rings. The number of benzene rings is 1. The van der Waals surface area contributed by atoms with E-state index < -0.39 is 11.7 Å². The van der Waals surface area contributed by atoms with Gasteiger partial charge in [-0.1, -0.05) is 25.0 Å². The van der Waals surface area contributed by atoms with E-state index in [1.807, 2.05) is 6.92 Å². The van der Waals surface area contributed by atoms with E-state index in [0.29, 0.717) is 23.5 Å². The highest BCUT2D eigenvalue weighted by Gasteiger charge is 2.30. The van der Waals surface area contributed by atoms with E-state index in [4.69, 9.17) is 12.2 Å². The van der Waals surface area contributed by atoms with Crippen LogP contribution in [0.4, 0.5) is 19.0 Å². The number of nitrogen functional groups attached to an aromatic ring is 1. The second kappa shape index (κ2) is 5.52. The third kappa shape index (κ3) is 2.87. The summed E-state index contributed by atoms with van der Waals surface area (Å²) in [6.07, 6.45) is 1.46. The van der Waals surface area contributed by atoms with Gasteiger partial charge in [-0.05, 0) is 12.1 Å². The topological polar surface area (TPSA) is 43.8 Å². The molecule has 0 aliphatic rings. The van der Waals surface area contributed by atoms with Crippen LogP contribution in [-0.2, 0) is 19.1 Å². The van der Waals surface area contributed by atoms with Crippen molar-refractivity contribution < 1.29 is 13.2 Å².